The Morgan fingerprint density at radius 1 is 0.821 bits per heavy atom. The molecule has 2 aromatic carbocycles. The third-order valence-electron chi connectivity index (χ3n) is 5.85. The smallest absolute Gasteiger partial charge is 0.326 e. The van der Waals surface area contributed by atoms with Crippen molar-refractivity contribution in [3.63, 3.8) is 0 Å². The average molecular weight is 380 g/mol. The second-order valence-corrected chi connectivity index (χ2v) is 7.81. The van der Waals surface area contributed by atoms with Gasteiger partial charge in [-0.2, -0.15) is 0 Å². The number of rotatable bonds is 11. The first-order valence-corrected chi connectivity index (χ1v) is 10.8. The van der Waals surface area contributed by atoms with Gasteiger partial charge in [0.25, 0.3) is 0 Å². The van der Waals surface area contributed by atoms with Crippen molar-refractivity contribution in [3.8, 4) is 5.75 Å². The lowest BCUT2D eigenvalue weighted by Gasteiger charge is -2.29. The highest BCUT2D eigenvalue weighted by Crippen LogP contribution is 2.47. The number of benzene rings is 2. The maximum absolute atomic E-state index is 13.1. The average Bonchev–Trinajstić information content (AvgIpc) is 3.02. The first-order valence-electron chi connectivity index (χ1n) is 10.8. The summed E-state index contributed by atoms with van der Waals surface area (Å²) < 4.78 is 5.71. The summed E-state index contributed by atoms with van der Waals surface area (Å²) in [6, 6.07) is 18.1. The van der Waals surface area contributed by atoms with Crippen molar-refractivity contribution >= 4 is 5.97 Å². The van der Waals surface area contributed by atoms with Crippen molar-refractivity contribution in [3.05, 3.63) is 65.7 Å². The fourth-order valence-corrected chi connectivity index (χ4v) is 4.25. The van der Waals surface area contributed by atoms with Gasteiger partial charge in [-0.15, -0.1) is 0 Å². The van der Waals surface area contributed by atoms with Crippen molar-refractivity contribution in [2.45, 2.75) is 57.8 Å². The quantitative estimate of drug-likeness (QED) is 0.377. The predicted octanol–water partition coefficient (Wildman–Crippen LogP) is 5.57. The summed E-state index contributed by atoms with van der Waals surface area (Å²) >= 11 is 0. The minimum atomic E-state index is -0.682. The van der Waals surface area contributed by atoms with Crippen LogP contribution in [0.5, 0.6) is 5.75 Å². The molecule has 3 rings (SSSR count). The third kappa shape index (κ3) is 4.30. The molecule has 0 spiro atoms. The van der Waals surface area contributed by atoms with Gasteiger partial charge in [-0.25, -0.2) is 0 Å². The molecule has 0 fully saturated rings. The molecule has 1 aliphatic heterocycles. The van der Waals surface area contributed by atoms with Crippen LogP contribution in [0.4, 0.5) is 0 Å². The molecule has 0 bridgehead atoms. The van der Waals surface area contributed by atoms with Gasteiger partial charge in [0.15, 0.2) is 0 Å². The molecular weight excluding hydrogens is 346 g/mol. The van der Waals surface area contributed by atoms with Gasteiger partial charge in [0.1, 0.15) is 11.2 Å². The van der Waals surface area contributed by atoms with Crippen LogP contribution in [0.3, 0.4) is 0 Å². The fraction of sp³-hybridized carbons (Fsp3) is 0.480. The van der Waals surface area contributed by atoms with E-state index in [1.165, 1.54) is 25.7 Å². The number of hydrogen-bond acceptors (Lipinski definition) is 3. The molecule has 0 unspecified atom stereocenters. The molecule has 3 heteroatoms. The Morgan fingerprint density at radius 3 is 2.11 bits per heavy atom. The van der Waals surface area contributed by atoms with Gasteiger partial charge in [0, 0.05) is 5.56 Å². The summed E-state index contributed by atoms with van der Waals surface area (Å²) in [7, 11) is 0. The monoisotopic (exact) mass is 379 g/mol. The number of para-hydroxylation sites is 1. The molecule has 28 heavy (non-hydrogen) atoms. The summed E-state index contributed by atoms with van der Waals surface area (Å²) in [5, 5.41) is 0. The molecule has 2 aromatic rings. The van der Waals surface area contributed by atoms with E-state index in [1.807, 2.05) is 36.4 Å². The highest BCUT2D eigenvalue weighted by molar-refractivity contribution is 5.94. The van der Waals surface area contributed by atoms with Crippen molar-refractivity contribution in [1.82, 2.24) is 4.90 Å². The third-order valence-corrected chi connectivity index (χ3v) is 5.85. The van der Waals surface area contributed by atoms with Crippen LogP contribution < -0.4 is 4.74 Å². The molecule has 0 aliphatic carbocycles. The highest BCUT2D eigenvalue weighted by atomic mass is 16.5. The fourth-order valence-electron chi connectivity index (χ4n) is 4.25. The van der Waals surface area contributed by atoms with E-state index in [9.17, 15) is 4.79 Å². The van der Waals surface area contributed by atoms with Crippen LogP contribution in [0.1, 0.15) is 63.5 Å². The van der Waals surface area contributed by atoms with Crippen molar-refractivity contribution in [1.29, 1.82) is 0 Å². The maximum Gasteiger partial charge on any atom is 0.326 e. The van der Waals surface area contributed by atoms with E-state index in [1.54, 1.807) is 0 Å². The van der Waals surface area contributed by atoms with Gasteiger partial charge >= 0.3 is 5.97 Å². The molecule has 3 nitrogen and oxygen atoms in total. The zero-order chi connectivity index (χ0) is 19.8. The van der Waals surface area contributed by atoms with Crippen LogP contribution >= 0.6 is 0 Å². The van der Waals surface area contributed by atoms with Crippen molar-refractivity contribution in [2.24, 2.45) is 0 Å². The molecule has 0 amide bonds. The number of nitrogens with zero attached hydrogens (tertiary/aromatic N) is 1. The Bertz CT molecular complexity index is 750. The summed E-state index contributed by atoms with van der Waals surface area (Å²) in [6.45, 7) is 7.82. The number of hydrogen-bond donors (Lipinski definition) is 0. The molecule has 0 saturated carbocycles. The van der Waals surface area contributed by atoms with Crippen molar-refractivity contribution < 1.29 is 9.53 Å². The lowest BCUT2D eigenvalue weighted by Crippen LogP contribution is -2.36. The van der Waals surface area contributed by atoms with Gasteiger partial charge in [-0.05, 0) is 56.9 Å². The normalized spacial score (nSPS) is 18.3. The van der Waals surface area contributed by atoms with E-state index in [0.717, 1.165) is 43.6 Å². The molecular formula is C25H33NO2. The van der Waals surface area contributed by atoms with E-state index in [-0.39, 0.29) is 5.97 Å². The van der Waals surface area contributed by atoms with Crippen LogP contribution in [-0.4, -0.2) is 30.5 Å². The Kier molecular flexibility index (Phi) is 7.27. The summed E-state index contributed by atoms with van der Waals surface area (Å²) in [5.74, 6) is 0.582. The predicted molar refractivity (Wildman–Crippen MR) is 115 cm³/mol. The van der Waals surface area contributed by atoms with E-state index < -0.39 is 5.41 Å². The van der Waals surface area contributed by atoms with E-state index >= 15 is 0 Å². The second kappa shape index (κ2) is 9.88. The maximum atomic E-state index is 13.1. The Balaban J connectivity index is 1.81. The summed E-state index contributed by atoms with van der Waals surface area (Å²) in [4.78, 5) is 15.7. The van der Waals surface area contributed by atoms with Crippen LogP contribution in [-0.2, 0) is 10.2 Å². The number of esters is 1. The molecule has 1 heterocycles. The van der Waals surface area contributed by atoms with Gasteiger partial charge in [0.05, 0.1) is 0 Å². The Labute approximate surface area is 169 Å². The lowest BCUT2D eigenvalue weighted by atomic mass is 9.72. The minimum absolute atomic E-state index is 0.131. The van der Waals surface area contributed by atoms with Gasteiger partial charge in [0.2, 0.25) is 0 Å². The number of fused-ring (bicyclic) bond motifs is 1. The number of ether oxygens (including phenoxy) is 1. The van der Waals surface area contributed by atoms with Gasteiger partial charge in [-0.1, -0.05) is 75.2 Å². The number of carbonyl (C=O) groups excluding carboxylic acids is 1. The van der Waals surface area contributed by atoms with Crippen LogP contribution in [0.15, 0.2) is 54.6 Å². The lowest BCUT2D eigenvalue weighted by molar-refractivity contribution is -0.137. The highest BCUT2D eigenvalue weighted by Gasteiger charge is 2.49. The molecule has 0 saturated heterocycles. The van der Waals surface area contributed by atoms with Gasteiger partial charge < -0.3 is 9.64 Å². The molecule has 1 aliphatic rings. The Hall–Kier alpha value is -2.13. The van der Waals surface area contributed by atoms with E-state index in [0.29, 0.717) is 5.75 Å². The second-order valence-electron chi connectivity index (χ2n) is 7.81. The zero-order valence-corrected chi connectivity index (χ0v) is 17.3. The first-order chi connectivity index (χ1) is 13.7. The molecule has 0 N–H and O–H groups in total. The van der Waals surface area contributed by atoms with Crippen LogP contribution in [0, 0.1) is 0 Å². The molecule has 1 atom stereocenters. The molecule has 0 radical (unpaired) electrons. The summed E-state index contributed by atoms with van der Waals surface area (Å²) in [6.07, 6.45) is 6.66. The topological polar surface area (TPSA) is 29.5 Å². The number of unbranched alkanes of at least 4 members (excludes halogenated alkanes) is 2. The first kappa shape index (κ1) is 20.6. The van der Waals surface area contributed by atoms with Crippen molar-refractivity contribution in [2.75, 3.05) is 19.6 Å². The van der Waals surface area contributed by atoms with E-state index in [2.05, 4.69) is 36.9 Å². The van der Waals surface area contributed by atoms with Crippen LogP contribution in [0.25, 0.3) is 0 Å². The number of carbonyl (C=O) groups is 1. The molecule has 0 aromatic heterocycles. The SMILES string of the molecule is CCCCN(CCCC)CCC[C@@]1(c2ccccc2)C(=O)Oc2ccccc21. The molecule has 150 valence electrons. The van der Waals surface area contributed by atoms with Crippen LogP contribution in [0.2, 0.25) is 0 Å². The van der Waals surface area contributed by atoms with E-state index in [4.69, 9.17) is 4.74 Å². The standard InChI is InChI=1S/C25H33NO2/c1-3-5-18-26(19-6-4-2)20-12-17-25(21-13-8-7-9-14-21)22-15-10-11-16-23(22)28-24(25)27/h7-11,13-16H,3-6,12,17-20H2,1-2H3/t25-/m0/s1. The summed E-state index contributed by atoms with van der Waals surface area (Å²) in [5.41, 5.74) is 1.37. The Morgan fingerprint density at radius 2 is 1.43 bits per heavy atom. The largest absolute Gasteiger partial charge is 0.425 e. The van der Waals surface area contributed by atoms with Gasteiger partial charge in [-0.3, -0.25) is 4.79 Å². The zero-order valence-electron chi connectivity index (χ0n) is 17.3. The minimum Gasteiger partial charge on any atom is -0.425 e.